The molecule has 1 heterocycles. The minimum atomic E-state index is -0.00958. The fourth-order valence-corrected chi connectivity index (χ4v) is 4.26. The molecule has 1 saturated heterocycles. The van der Waals surface area contributed by atoms with Gasteiger partial charge >= 0.3 is 6.03 Å². The second kappa shape index (κ2) is 9.77. The number of likely N-dealkylation sites (tertiary alicyclic amines) is 1. The van der Waals surface area contributed by atoms with Gasteiger partial charge in [-0.25, -0.2) is 4.79 Å². The fourth-order valence-electron chi connectivity index (χ4n) is 4.26. The zero-order valence-electron chi connectivity index (χ0n) is 16.5. The Kier molecular flexibility index (Phi) is 7.13. The molecule has 0 spiro atoms. The van der Waals surface area contributed by atoms with Crippen molar-refractivity contribution in [1.82, 2.24) is 10.2 Å². The van der Waals surface area contributed by atoms with Crippen molar-refractivity contribution >= 4 is 17.6 Å². The maximum Gasteiger partial charge on any atom is 0.321 e. The lowest BCUT2D eigenvalue weighted by Crippen LogP contribution is -2.41. The van der Waals surface area contributed by atoms with E-state index in [1.807, 2.05) is 36.1 Å². The summed E-state index contributed by atoms with van der Waals surface area (Å²) in [5.41, 5.74) is 1.99. The van der Waals surface area contributed by atoms with E-state index in [0.717, 1.165) is 63.0 Å². The highest BCUT2D eigenvalue weighted by Gasteiger charge is 2.24. The minimum Gasteiger partial charge on any atom is -0.356 e. The summed E-state index contributed by atoms with van der Waals surface area (Å²) < 4.78 is 0. The number of piperidine rings is 1. The molecule has 1 aliphatic carbocycles. The van der Waals surface area contributed by atoms with E-state index in [9.17, 15) is 9.59 Å². The number of urea groups is 1. The highest BCUT2D eigenvalue weighted by atomic mass is 16.2. The Morgan fingerprint density at radius 2 is 1.81 bits per heavy atom. The van der Waals surface area contributed by atoms with E-state index in [4.69, 9.17) is 0 Å². The summed E-state index contributed by atoms with van der Waals surface area (Å²) in [5, 5.41) is 6.13. The molecule has 5 nitrogen and oxygen atoms in total. The van der Waals surface area contributed by atoms with Crippen molar-refractivity contribution in [2.45, 2.75) is 58.3 Å². The molecule has 0 bridgehead atoms. The van der Waals surface area contributed by atoms with Crippen molar-refractivity contribution in [2.75, 3.05) is 25.0 Å². The molecule has 2 fully saturated rings. The number of nitrogens with zero attached hydrogens (tertiary/aromatic N) is 1. The topological polar surface area (TPSA) is 61.4 Å². The van der Waals surface area contributed by atoms with Gasteiger partial charge < -0.3 is 15.5 Å². The van der Waals surface area contributed by atoms with Crippen LogP contribution in [0.15, 0.2) is 24.3 Å². The second-order valence-electron chi connectivity index (χ2n) is 8.14. The number of benzene rings is 1. The molecule has 2 N–H and O–H groups in total. The molecule has 1 saturated carbocycles. The third kappa shape index (κ3) is 5.98. The summed E-state index contributed by atoms with van der Waals surface area (Å²) in [6, 6.07) is 7.88. The molecule has 5 heteroatoms. The Labute approximate surface area is 162 Å². The normalized spacial score (nSPS) is 18.9. The smallest absolute Gasteiger partial charge is 0.321 e. The van der Waals surface area contributed by atoms with Gasteiger partial charge in [0.2, 0.25) is 5.91 Å². The molecule has 0 atom stereocenters. The van der Waals surface area contributed by atoms with Crippen molar-refractivity contribution in [3.05, 3.63) is 29.8 Å². The maximum absolute atomic E-state index is 12.4. The van der Waals surface area contributed by atoms with Crippen LogP contribution in [0.5, 0.6) is 0 Å². The van der Waals surface area contributed by atoms with Crippen molar-refractivity contribution in [3.63, 3.8) is 0 Å². The number of carbonyl (C=O) groups is 2. The Hall–Kier alpha value is -2.04. The standard InChI is InChI=1S/C22H33N3O2/c1-17-6-5-9-20(16-17)24-22(27)25-14-11-18(12-15-25)10-13-23-21(26)19-7-3-2-4-8-19/h5-6,9,16,18-19H,2-4,7-8,10-15H2,1H3,(H,23,26)(H,24,27). The first-order chi connectivity index (χ1) is 13.1. The van der Waals surface area contributed by atoms with Crippen LogP contribution in [0.2, 0.25) is 0 Å². The molecule has 0 radical (unpaired) electrons. The number of hydrogen-bond acceptors (Lipinski definition) is 2. The summed E-state index contributed by atoms with van der Waals surface area (Å²) >= 11 is 0. The summed E-state index contributed by atoms with van der Waals surface area (Å²) in [6.07, 6.45) is 8.83. The molecule has 1 aromatic carbocycles. The molecule has 27 heavy (non-hydrogen) atoms. The van der Waals surface area contributed by atoms with E-state index < -0.39 is 0 Å². The third-order valence-corrected chi connectivity index (χ3v) is 6.00. The third-order valence-electron chi connectivity index (χ3n) is 6.00. The van der Waals surface area contributed by atoms with E-state index >= 15 is 0 Å². The number of hydrogen-bond donors (Lipinski definition) is 2. The van der Waals surface area contributed by atoms with Crippen LogP contribution in [-0.4, -0.2) is 36.5 Å². The Morgan fingerprint density at radius 3 is 2.52 bits per heavy atom. The van der Waals surface area contributed by atoms with E-state index in [2.05, 4.69) is 10.6 Å². The lowest BCUT2D eigenvalue weighted by Gasteiger charge is -2.32. The number of anilines is 1. The van der Waals surface area contributed by atoms with Crippen LogP contribution < -0.4 is 10.6 Å². The lowest BCUT2D eigenvalue weighted by atomic mass is 9.88. The average Bonchev–Trinajstić information content (AvgIpc) is 2.69. The van der Waals surface area contributed by atoms with Crippen molar-refractivity contribution < 1.29 is 9.59 Å². The Balaban J connectivity index is 1.33. The summed E-state index contributed by atoms with van der Waals surface area (Å²) in [5.74, 6) is 1.09. The summed E-state index contributed by atoms with van der Waals surface area (Å²) in [7, 11) is 0. The minimum absolute atomic E-state index is 0.00958. The van der Waals surface area contributed by atoms with Gasteiger partial charge in [0, 0.05) is 31.2 Å². The van der Waals surface area contributed by atoms with Gasteiger partial charge in [-0.05, 0) is 62.6 Å². The molecule has 148 valence electrons. The van der Waals surface area contributed by atoms with Gasteiger partial charge in [-0.2, -0.15) is 0 Å². The lowest BCUT2D eigenvalue weighted by molar-refractivity contribution is -0.125. The monoisotopic (exact) mass is 371 g/mol. The Bertz CT molecular complexity index is 632. The maximum atomic E-state index is 12.4. The summed E-state index contributed by atoms with van der Waals surface area (Å²) in [4.78, 5) is 26.5. The number of rotatable bonds is 5. The highest BCUT2D eigenvalue weighted by molar-refractivity contribution is 5.89. The van der Waals surface area contributed by atoms with E-state index in [1.54, 1.807) is 0 Å². The molecule has 3 rings (SSSR count). The summed E-state index contributed by atoms with van der Waals surface area (Å²) in [6.45, 7) is 4.38. The highest BCUT2D eigenvalue weighted by Crippen LogP contribution is 2.24. The molecule has 0 aromatic heterocycles. The predicted molar refractivity (Wildman–Crippen MR) is 109 cm³/mol. The number of amides is 3. The number of nitrogens with one attached hydrogen (secondary N) is 2. The number of aryl methyl sites for hydroxylation is 1. The Morgan fingerprint density at radius 1 is 1.07 bits per heavy atom. The van der Waals surface area contributed by atoms with E-state index in [1.165, 1.54) is 19.3 Å². The zero-order valence-corrected chi connectivity index (χ0v) is 16.5. The molecular weight excluding hydrogens is 338 g/mol. The van der Waals surface area contributed by atoms with Gasteiger partial charge in [0.25, 0.3) is 0 Å². The van der Waals surface area contributed by atoms with Crippen LogP contribution in [0.3, 0.4) is 0 Å². The number of carbonyl (C=O) groups excluding carboxylic acids is 2. The van der Waals surface area contributed by atoms with Gasteiger partial charge in [-0.15, -0.1) is 0 Å². The SMILES string of the molecule is Cc1cccc(NC(=O)N2CCC(CCNC(=O)C3CCCCC3)CC2)c1. The van der Waals surface area contributed by atoms with E-state index in [-0.39, 0.29) is 17.9 Å². The van der Waals surface area contributed by atoms with E-state index in [0.29, 0.717) is 5.92 Å². The second-order valence-corrected chi connectivity index (χ2v) is 8.14. The van der Waals surface area contributed by atoms with Gasteiger partial charge in [-0.1, -0.05) is 31.4 Å². The van der Waals surface area contributed by atoms with Gasteiger partial charge in [-0.3, -0.25) is 4.79 Å². The molecule has 0 unspecified atom stereocenters. The van der Waals surface area contributed by atoms with Crippen LogP contribution in [0.4, 0.5) is 10.5 Å². The molecule has 1 aromatic rings. The average molecular weight is 372 g/mol. The van der Waals surface area contributed by atoms with Crippen molar-refractivity contribution in [1.29, 1.82) is 0 Å². The van der Waals surface area contributed by atoms with Crippen LogP contribution >= 0.6 is 0 Å². The first-order valence-corrected chi connectivity index (χ1v) is 10.5. The molecule has 1 aliphatic heterocycles. The van der Waals surface area contributed by atoms with Crippen LogP contribution in [-0.2, 0) is 4.79 Å². The van der Waals surface area contributed by atoms with Gasteiger partial charge in [0.05, 0.1) is 0 Å². The van der Waals surface area contributed by atoms with Crippen LogP contribution in [0.1, 0.15) is 56.9 Å². The fraction of sp³-hybridized carbons (Fsp3) is 0.636. The quantitative estimate of drug-likeness (QED) is 0.809. The van der Waals surface area contributed by atoms with Gasteiger partial charge in [0.15, 0.2) is 0 Å². The first kappa shape index (κ1) is 19.7. The zero-order chi connectivity index (χ0) is 19.1. The van der Waals surface area contributed by atoms with Gasteiger partial charge in [0.1, 0.15) is 0 Å². The van der Waals surface area contributed by atoms with Crippen LogP contribution in [0, 0.1) is 18.8 Å². The largest absolute Gasteiger partial charge is 0.356 e. The molecular formula is C22H33N3O2. The first-order valence-electron chi connectivity index (χ1n) is 10.5. The molecule has 2 aliphatic rings. The van der Waals surface area contributed by atoms with Crippen molar-refractivity contribution in [3.8, 4) is 0 Å². The predicted octanol–water partition coefficient (Wildman–Crippen LogP) is 4.33. The van der Waals surface area contributed by atoms with Crippen molar-refractivity contribution in [2.24, 2.45) is 11.8 Å². The van der Waals surface area contributed by atoms with Crippen LogP contribution in [0.25, 0.3) is 0 Å². The molecule has 3 amide bonds.